The van der Waals surface area contributed by atoms with Crippen molar-refractivity contribution in [2.24, 2.45) is 4.99 Å². The summed E-state index contributed by atoms with van der Waals surface area (Å²) in [6, 6.07) is 4.77. The Bertz CT molecular complexity index is 252. The lowest BCUT2D eigenvalue weighted by Crippen LogP contribution is -2.20. The first-order chi connectivity index (χ1) is 6.36. The van der Waals surface area contributed by atoms with Gasteiger partial charge in [-0.2, -0.15) is 0 Å². The molecule has 3 nitrogen and oxygen atoms in total. The summed E-state index contributed by atoms with van der Waals surface area (Å²) in [4.78, 5) is 10.2. The van der Waals surface area contributed by atoms with Crippen molar-refractivity contribution in [2.75, 3.05) is 13.1 Å². The van der Waals surface area contributed by atoms with Gasteiger partial charge in [0.05, 0.1) is 12.0 Å². The first-order valence-corrected chi connectivity index (χ1v) is 4.46. The lowest BCUT2D eigenvalue weighted by molar-refractivity contribution is 0.480. The molecule has 1 heterocycles. The minimum absolute atomic E-state index is 0.821. The van der Waals surface area contributed by atoms with E-state index < -0.39 is 0 Å². The molecule has 1 rings (SSSR count). The van der Waals surface area contributed by atoms with Gasteiger partial charge in [0.15, 0.2) is 0 Å². The Morgan fingerprint density at radius 2 is 2.31 bits per heavy atom. The van der Waals surface area contributed by atoms with E-state index in [0.29, 0.717) is 0 Å². The van der Waals surface area contributed by atoms with Crippen LogP contribution in [0.3, 0.4) is 0 Å². The van der Waals surface area contributed by atoms with Crippen molar-refractivity contribution in [3.8, 4) is 0 Å². The normalized spacial score (nSPS) is 10.6. The van der Waals surface area contributed by atoms with Crippen molar-refractivity contribution in [2.45, 2.75) is 13.8 Å². The average Bonchev–Trinajstić information content (AvgIpc) is 2.21. The summed E-state index contributed by atoms with van der Waals surface area (Å²) >= 11 is 0. The molecule has 0 atom stereocenters. The van der Waals surface area contributed by atoms with E-state index in [0.717, 1.165) is 18.8 Å². The van der Waals surface area contributed by atoms with Crippen LogP contribution in [0.25, 0.3) is 0 Å². The van der Waals surface area contributed by atoms with Crippen LogP contribution in [-0.4, -0.2) is 29.3 Å². The van der Waals surface area contributed by atoms with Crippen molar-refractivity contribution in [3.63, 3.8) is 0 Å². The smallest absolute Gasteiger partial charge is 0.0912 e. The largest absolute Gasteiger partial charge is 0.363 e. The van der Waals surface area contributed by atoms with Crippen molar-refractivity contribution in [3.05, 3.63) is 24.5 Å². The van der Waals surface area contributed by atoms with E-state index in [-0.39, 0.29) is 0 Å². The Hall–Kier alpha value is -1.38. The molecule has 0 spiro atoms. The van der Waals surface area contributed by atoms with Crippen LogP contribution in [0.5, 0.6) is 0 Å². The highest BCUT2D eigenvalue weighted by Crippen LogP contribution is 2.05. The van der Waals surface area contributed by atoms with Crippen LogP contribution >= 0.6 is 0 Å². The molecular weight excluding hydrogens is 162 g/mol. The van der Waals surface area contributed by atoms with Gasteiger partial charge in [0, 0.05) is 31.5 Å². The van der Waals surface area contributed by atoms with Crippen LogP contribution in [0.1, 0.15) is 13.8 Å². The van der Waals surface area contributed by atoms with E-state index in [1.54, 1.807) is 12.4 Å². The molecule has 1 aromatic rings. The molecule has 3 heteroatoms. The van der Waals surface area contributed by atoms with Gasteiger partial charge >= 0.3 is 0 Å². The first kappa shape index (κ1) is 9.71. The molecule has 0 aromatic carbocycles. The first-order valence-electron chi connectivity index (χ1n) is 4.46. The van der Waals surface area contributed by atoms with Gasteiger partial charge in [-0.25, -0.2) is 4.99 Å². The molecule has 69 valence electrons. The van der Waals surface area contributed by atoms with E-state index in [4.69, 9.17) is 0 Å². The van der Waals surface area contributed by atoms with Crippen LogP contribution in [0.4, 0.5) is 5.69 Å². The van der Waals surface area contributed by atoms with Crippen LogP contribution < -0.4 is 0 Å². The van der Waals surface area contributed by atoms with E-state index in [1.165, 1.54) is 0 Å². The second kappa shape index (κ2) is 5.30. The second-order valence-corrected chi connectivity index (χ2v) is 2.59. The highest BCUT2D eigenvalue weighted by molar-refractivity contribution is 5.60. The number of aliphatic imine (C=N–C) groups is 1. The van der Waals surface area contributed by atoms with Crippen molar-refractivity contribution in [1.29, 1.82) is 0 Å². The van der Waals surface area contributed by atoms with Crippen molar-refractivity contribution >= 4 is 12.0 Å². The molecule has 0 saturated carbocycles. The quantitative estimate of drug-likeness (QED) is 0.517. The lowest BCUT2D eigenvalue weighted by Gasteiger charge is -2.12. The number of nitrogens with zero attached hydrogens (tertiary/aromatic N) is 3. The third kappa shape index (κ3) is 3.23. The summed E-state index contributed by atoms with van der Waals surface area (Å²) < 4.78 is 0. The topological polar surface area (TPSA) is 28.5 Å². The predicted octanol–water partition coefficient (Wildman–Crippen LogP) is 1.88. The Labute approximate surface area is 79.1 Å². The number of aromatic nitrogens is 1. The molecule has 1 aromatic heterocycles. The van der Waals surface area contributed by atoms with E-state index in [9.17, 15) is 0 Å². The molecule has 0 aliphatic rings. The van der Waals surface area contributed by atoms with E-state index in [2.05, 4.69) is 34.8 Å². The highest BCUT2D eigenvalue weighted by atomic mass is 15.1. The third-order valence-electron chi connectivity index (χ3n) is 1.78. The summed E-state index contributed by atoms with van der Waals surface area (Å²) in [5, 5.41) is 0. The SMILES string of the molecule is CCN(/C=N/c1[c]cncc1)CC. The Balaban J connectivity index is 2.57. The zero-order chi connectivity index (χ0) is 9.52. The fraction of sp³-hybridized carbons (Fsp3) is 0.400. The number of pyridine rings is 1. The van der Waals surface area contributed by atoms with Gasteiger partial charge in [0.25, 0.3) is 0 Å². The van der Waals surface area contributed by atoms with Crippen LogP contribution in [0.15, 0.2) is 23.5 Å². The summed E-state index contributed by atoms with van der Waals surface area (Å²) in [6.07, 6.45) is 5.17. The predicted molar refractivity (Wildman–Crippen MR) is 54.1 cm³/mol. The maximum atomic E-state index is 4.25. The fourth-order valence-corrected chi connectivity index (χ4v) is 0.919. The third-order valence-corrected chi connectivity index (χ3v) is 1.78. The van der Waals surface area contributed by atoms with Crippen LogP contribution in [-0.2, 0) is 0 Å². The molecule has 1 radical (unpaired) electrons. The minimum atomic E-state index is 0.821. The highest BCUT2D eigenvalue weighted by Gasteiger charge is 1.90. The number of hydrogen-bond donors (Lipinski definition) is 0. The molecule has 0 saturated heterocycles. The molecule has 0 amide bonds. The van der Waals surface area contributed by atoms with E-state index in [1.807, 2.05) is 12.4 Å². The molecule has 0 N–H and O–H groups in total. The molecule has 0 aliphatic carbocycles. The molecule has 0 bridgehead atoms. The van der Waals surface area contributed by atoms with Gasteiger partial charge in [0.1, 0.15) is 0 Å². The molecule has 0 aliphatic heterocycles. The zero-order valence-electron chi connectivity index (χ0n) is 8.07. The van der Waals surface area contributed by atoms with Gasteiger partial charge in [-0.15, -0.1) is 0 Å². The Morgan fingerprint density at radius 3 is 2.85 bits per heavy atom. The van der Waals surface area contributed by atoms with Gasteiger partial charge in [-0.05, 0) is 19.9 Å². The minimum Gasteiger partial charge on any atom is -0.363 e. The van der Waals surface area contributed by atoms with Crippen molar-refractivity contribution in [1.82, 2.24) is 9.88 Å². The average molecular weight is 176 g/mol. The summed E-state index contributed by atoms with van der Waals surface area (Å²) in [5.41, 5.74) is 0.821. The van der Waals surface area contributed by atoms with Gasteiger partial charge in [-0.3, -0.25) is 4.98 Å². The zero-order valence-corrected chi connectivity index (χ0v) is 8.07. The molecule has 13 heavy (non-hydrogen) atoms. The maximum absolute atomic E-state index is 4.25. The van der Waals surface area contributed by atoms with Gasteiger partial charge in [0.2, 0.25) is 0 Å². The Morgan fingerprint density at radius 1 is 1.54 bits per heavy atom. The van der Waals surface area contributed by atoms with E-state index >= 15 is 0 Å². The lowest BCUT2D eigenvalue weighted by atomic mass is 10.4. The molecule has 0 fully saturated rings. The summed E-state index contributed by atoms with van der Waals surface area (Å²) in [5.74, 6) is 0. The second-order valence-electron chi connectivity index (χ2n) is 2.59. The standard InChI is InChI=1S/C10H14N3/c1-3-13(4-2)9-12-10-5-7-11-8-6-10/h5,7-9H,3-4H2,1-2H3/b12-9+. The Kier molecular flexibility index (Phi) is 3.96. The van der Waals surface area contributed by atoms with Crippen molar-refractivity contribution < 1.29 is 0 Å². The van der Waals surface area contributed by atoms with Gasteiger partial charge in [-0.1, -0.05) is 0 Å². The molecule has 0 unspecified atom stereocenters. The number of rotatable bonds is 4. The molecular formula is C10H14N3. The summed E-state index contributed by atoms with van der Waals surface area (Å²) in [7, 11) is 0. The fourth-order valence-electron chi connectivity index (χ4n) is 0.919. The van der Waals surface area contributed by atoms with Gasteiger partial charge < -0.3 is 4.90 Å². The summed E-state index contributed by atoms with van der Waals surface area (Å²) in [6.45, 7) is 6.16. The van der Waals surface area contributed by atoms with Crippen LogP contribution in [0.2, 0.25) is 0 Å². The number of hydrogen-bond acceptors (Lipinski definition) is 2. The maximum Gasteiger partial charge on any atom is 0.0912 e. The monoisotopic (exact) mass is 176 g/mol. The van der Waals surface area contributed by atoms with Crippen LogP contribution in [0, 0.1) is 6.07 Å².